The molecule has 4 N–H and O–H groups in total. The summed E-state index contributed by atoms with van der Waals surface area (Å²) >= 11 is 0. The van der Waals surface area contributed by atoms with Gasteiger partial charge in [-0.25, -0.2) is 0 Å². The van der Waals surface area contributed by atoms with Crippen LogP contribution in [0.1, 0.15) is 33.1 Å². The zero-order valence-corrected chi connectivity index (χ0v) is 11.8. The lowest BCUT2D eigenvalue weighted by molar-refractivity contribution is -0.123. The number of hydrogen-bond donors (Lipinski definition) is 2. The third-order valence-corrected chi connectivity index (χ3v) is 3.94. The van der Waals surface area contributed by atoms with E-state index in [-0.39, 0.29) is 0 Å². The molecule has 0 aliphatic heterocycles. The molecule has 0 heterocycles. The summed E-state index contributed by atoms with van der Waals surface area (Å²) in [5, 5.41) is 0. The molecule has 18 heavy (non-hydrogen) atoms. The minimum absolute atomic E-state index is 0.437. The van der Waals surface area contributed by atoms with E-state index < -0.39 is 11.4 Å². The van der Waals surface area contributed by atoms with Gasteiger partial charge in [0, 0.05) is 26.2 Å². The molecule has 1 aliphatic rings. The first-order valence-electron chi connectivity index (χ1n) is 6.70. The predicted molar refractivity (Wildman–Crippen MR) is 72.0 cm³/mol. The number of carbonyl (C=O) groups excluding carboxylic acids is 1. The molecular formula is C13H27N3O2. The number of primary amides is 1. The summed E-state index contributed by atoms with van der Waals surface area (Å²) in [7, 11) is 1.70. The monoisotopic (exact) mass is 257 g/mol. The second kappa shape index (κ2) is 6.50. The predicted octanol–water partition coefficient (Wildman–Crippen LogP) is 0.326. The molecule has 0 bridgehead atoms. The van der Waals surface area contributed by atoms with Crippen LogP contribution in [-0.2, 0) is 9.53 Å². The minimum Gasteiger partial charge on any atom is -0.383 e. The molecule has 1 fully saturated rings. The topological polar surface area (TPSA) is 81.6 Å². The summed E-state index contributed by atoms with van der Waals surface area (Å²) in [6.07, 6.45) is 3.20. The summed E-state index contributed by atoms with van der Waals surface area (Å²) < 4.78 is 5.14. The van der Waals surface area contributed by atoms with Gasteiger partial charge in [-0.3, -0.25) is 9.69 Å². The van der Waals surface area contributed by atoms with Crippen LogP contribution >= 0.6 is 0 Å². The lowest BCUT2D eigenvalue weighted by atomic mass is 9.97. The van der Waals surface area contributed by atoms with E-state index in [0.29, 0.717) is 19.1 Å². The van der Waals surface area contributed by atoms with Crippen molar-refractivity contribution >= 4 is 5.91 Å². The second-order valence-corrected chi connectivity index (χ2v) is 5.64. The standard InChI is InChI=1S/C13H27N3O2/c1-10(11-4-5-11)16(8-9-18-3)7-6-13(2,15)12(14)17/h10-11H,4-9,15H2,1-3H3,(H2,14,17). The fourth-order valence-corrected chi connectivity index (χ4v) is 2.10. The maximum Gasteiger partial charge on any atom is 0.237 e. The van der Waals surface area contributed by atoms with Crippen LogP contribution in [-0.4, -0.2) is 49.2 Å². The van der Waals surface area contributed by atoms with E-state index in [2.05, 4.69) is 11.8 Å². The third kappa shape index (κ3) is 4.55. The third-order valence-electron chi connectivity index (χ3n) is 3.94. The smallest absolute Gasteiger partial charge is 0.237 e. The van der Waals surface area contributed by atoms with Crippen LogP contribution in [0.4, 0.5) is 0 Å². The Morgan fingerprint density at radius 1 is 1.50 bits per heavy atom. The number of amides is 1. The van der Waals surface area contributed by atoms with E-state index >= 15 is 0 Å². The molecule has 2 atom stereocenters. The van der Waals surface area contributed by atoms with Gasteiger partial charge in [0.25, 0.3) is 0 Å². The quantitative estimate of drug-likeness (QED) is 0.623. The molecule has 0 aromatic carbocycles. The van der Waals surface area contributed by atoms with Gasteiger partial charge in [-0.05, 0) is 39.0 Å². The highest BCUT2D eigenvalue weighted by molar-refractivity contribution is 5.83. The zero-order chi connectivity index (χ0) is 13.8. The van der Waals surface area contributed by atoms with E-state index in [4.69, 9.17) is 16.2 Å². The van der Waals surface area contributed by atoms with Crippen molar-refractivity contribution in [1.29, 1.82) is 0 Å². The Balaban J connectivity index is 2.47. The van der Waals surface area contributed by atoms with E-state index in [0.717, 1.165) is 19.0 Å². The molecule has 0 saturated heterocycles. The fourth-order valence-electron chi connectivity index (χ4n) is 2.10. The molecular weight excluding hydrogens is 230 g/mol. The van der Waals surface area contributed by atoms with E-state index in [1.54, 1.807) is 14.0 Å². The van der Waals surface area contributed by atoms with Gasteiger partial charge in [0.05, 0.1) is 12.1 Å². The van der Waals surface area contributed by atoms with Gasteiger partial charge in [-0.1, -0.05) is 0 Å². The number of hydrogen-bond acceptors (Lipinski definition) is 4. The zero-order valence-electron chi connectivity index (χ0n) is 11.8. The van der Waals surface area contributed by atoms with Gasteiger partial charge < -0.3 is 16.2 Å². The van der Waals surface area contributed by atoms with Crippen LogP contribution in [0.5, 0.6) is 0 Å². The second-order valence-electron chi connectivity index (χ2n) is 5.64. The molecule has 5 nitrogen and oxygen atoms in total. The van der Waals surface area contributed by atoms with Gasteiger partial charge in [0.15, 0.2) is 0 Å². The summed E-state index contributed by atoms with van der Waals surface area (Å²) in [6, 6.07) is 0.531. The number of nitrogens with zero attached hydrogens (tertiary/aromatic N) is 1. The SMILES string of the molecule is COCCN(CCC(C)(N)C(N)=O)C(C)C1CC1. The molecule has 0 aromatic rings. The van der Waals surface area contributed by atoms with Crippen molar-refractivity contribution in [2.75, 3.05) is 26.8 Å². The Bertz CT molecular complexity index is 277. The Labute approximate surface area is 110 Å². The van der Waals surface area contributed by atoms with Gasteiger partial charge in [0.2, 0.25) is 5.91 Å². The minimum atomic E-state index is -0.922. The molecule has 1 aliphatic carbocycles. The van der Waals surface area contributed by atoms with Crippen molar-refractivity contribution in [3.8, 4) is 0 Å². The maximum atomic E-state index is 11.2. The molecule has 0 spiro atoms. The van der Waals surface area contributed by atoms with E-state index in [1.165, 1.54) is 12.8 Å². The lowest BCUT2D eigenvalue weighted by Gasteiger charge is -2.31. The normalized spacial score (nSPS) is 20.7. The van der Waals surface area contributed by atoms with Gasteiger partial charge in [-0.15, -0.1) is 0 Å². The average Bonchev–Trinajstić information content (AvgIpc) is 3.12. The van der Waals surface area contributed by atoms with Crippen LogP contribution in [0.2, 0.25) is 0 Å². The first-order valence-corrected chi connectivity index (χ1v) is 6.70. The van der Waals surface area contributed by atoms with Gasteiger partial charge >= 0.3 is 0 Å². The van der Waals surface area contributed by atoms with Crippen LogP contribution in [0.3, 0.4) is 0 Å². The van der Waals surface area contributed by atoms with Crippen molar-refractivity contribution in [2.24, 2.45) is 17.4 Å². The highest BCUT2D eigenvalue weighted by Gasteiger charge is 2.33. The Hall–Kier alpha value is -0.650. The first kappa shape index (κ1) is 15.4. The molecule has 0 radical (unpaired) electrons. The van der Waals surface area contributed by atoms with Crippen molar-refractivity contribution in [2.45, 2.75) is 44.7 Å². The molecule has 2 unspecified atom stereocenters. The highest BCUT2D eigenvalue weighted by atomic mass is 16.5. The highest BCUT2D eigenvalue weighted by Crippen LogP contribution is 2.35. The molecule has 1 rings (SSSR count). The van der Waals surface area contributed by atoms with Crippen LogP contribution < -0.4 is 11.5 Å². The Morgan fingerprint density at radius 2 is 2.11 bits per heavy atom. The van der Waals surface area contributed by atoms with Crippen molar-refractivity contribution < 1.29 is 9.53 Å². The fraction of sp³-hybridized carbons (Fsp3) is 0.923. The van der Waals surface area contributed by atoms with Gasteiger partial charge in [0.1, 0.15) is 0 Å². The number of methoxy groups -OCH3 is 1. The largest absolute Gasteiger partial charge is 0.383 e. The molecule has 5 heteroatoms. The average molecular weight is 257 g/mol. The molecule has 106 valence electrons. The number of rotatable bonds is 9. The Kier molecular flexibility index (Phi) is 5.56. The van der Waals surface area contributed by atoms with Crippen LogP contribution in [0, 0.1) is 5.92 Å². The van der Waals surface area contributed by atoms with Crippen molar-refractivity contribution in [3.05, 3.63) is 0 Å². The van der Waals surface area contributed by atoms with Crippen LogP contribution in [0.15, 0.2) is 0 Å². The van der Waals surface area contributed by atoms with Crippen molar-refractivity contribution in [3.63, 3.8) is 0 Å². The first-order chi connectivity index (χ1) is 8.38. The van der Waals surface area contributed by atoms with Crippen LogP contribution in [0.25, 0.3) is 0 Å². The summed E-state index contributed by atoms with van der Waals surface area (Å²) in [5.41, 5.74) is 10.3. The lowest BCUT2D eigenvalue weighted by Crippen LogP contribution is -2.52. The molecule has 0 aromatic heterocycles. The number of nitrogens with two attached hydrogens (primary N) is 2. The van der Waals surface area contributed by atoms with E-state index in [1.807, 2.05) is 0 Å². The molecule has 1 saturated carbocycles. The molecule has 1 amide bonds. The Morgan fingerprint density at radius 3 is 2.56 bits per heavy atom. The summed E-state index contributed by atoms with van der Waals surface area (Å²) in [6.45, 7) is 6.31. The van der Waals surface area contributed by atoms with Crippen molar-refractivity contribution in [1.82, 2.24) is 4.90 Å². The van der Waals surface area contributed by atoms with E-state index in [9.17, 15) is 4.79 Å². The summed E-state index contributed by atoms with van der Waals surface area (Å²) in [4.78, 5) is 13.6. The number of carbonyl (C=O) groups is 1. The van der Waals surface area contributed by atoms with Gasteiger partial charge in [-0.2, -0.15) is 0 Å². The number of ether oxygens (including phenoxy) is 1. The maximum absolute atomic E-state index is 11.2. The summed E-state index contributed by atoms with van der Waals surface area (Å²) in [5.74, 6) is 0.354.